The first kappa shape index (κ1) is 30.1. The predicted molar refractivity (Wildman–Crippen MR) is 156 cm³/mol. The summed E-state index contributed by atoms with van der Waals surface area (Å²) in [6, 6.07) is 14.7. The van der Waals surface area contributed by atoms with Crippen molar-refractivity contribution in [3.8, 4) is 0 Å². The number of benzene rings is 2. The normalized spacial score (nSPS) is 21.8. The predicted octanol–water partition coefficient (Wildman–Crippen LogP) is 4.44. The molecule has 5 atom stereocenters. The van der Waals surface area contributed by atoms with Crippen LogP contribution < -0.4 is 10.6 Å². The number of likely N-dealkylation sites (N-methyl/N-ethyl adjacent to an activating group) is 1. The van der Waals surface area contributed by atoms with E-state index in [1.807, 2.05) is 63.2 Å². The molecule has 5 unspecified atom stereocenters. The number of hydrogen-bond acceptors (Lipinski definition) is 4. The van der Waals surface area contributed by atoms with E-state index in [9.17, 15) is 24.3 Å². The second-order valence-electron chi connectivity index (χ2n) is 12.3. The van der Waals surface area contributed by atoms with Gasteiger partial charge in [-0.2, -0.15) is 0 Å². The molecule has 4 amide bonds. The van der Waals surface area contributed by atoms with Crippen molar-refractivity contribution < 1.29 is 24.3 Å². The maximum atomic E-state index is 14.4. The standard InChI is InChI=1S/C32H42N4O5/c1-20(35(5)31(40)41)28(37)34-27(32(2,3)4)30(39)36-25(22-13-7-6-8-14-22)18-19-26(36)29(38)33-24-17-11-15-21-12-9-10-16-23(21)24/h6-10,12-14,16,20,24-27H,11,15,17-19H2,1-5H3,(H,33,38)(H,34,37)(H,40,41). The zero-order valence-corrected chi connectivity index (χ0v) is 24.6. The number of aryl methyl sites for hydroxylation is 1. The van der Waals surface area contributed by atoms with Crippen LogP contribution in [0.1, 0.15) is 82.2 Å². The summed E-state index contributed by atoms with van der Waals surface area (Å²) >= 11 is 0. The number of fused-ring (bicyclic) bond motifs is 1. The topological polar surface area (TPSA) is 119 Å². The van der Waals surface area contributed by atoms with Gasteiger partial charge in [-0.05, 0) is 61.1 Å². The van der Waals surface area contributed by atoms with Crippen molar-refractivity contribution in [1.82, 2.24) is 20.4 Å². The average Bonchev–Trinajstić information content (AvgIpc) is 3.40. The Morgan fingerprint density at radius 2 is 1.63 bits per heavy atom. The lowest BCUT2D eigenvalue weighted by atomic mass is 9.85. The molecule has 1 aliphatic carbocycles. The molecule has 0 aromatic heterocycles. The van der Waals surface area contributed by atoms with Gasteiger partial charge in [-0.1, -0.05) is 75.4 Å². The van der Waals surface area contributed by atoms with Gasteiger partial charge in [0.25, 0.3) is 0 Å². The number of nitrogens with one attached hydrogen (secondary N) is 2. The van der Waals surface area contributed by atoms with Crippen LogP contribution in [0.15, 0.2) is 54.6 Å². The van der Waals surface area contributed by atoms with Gasteiger partial charge in [0.1, 0.15) is 18.1 Å². The van der Waals surface area contributed by atoms with Crippen molar-refractivity contribution in [2.45, 2.75) is 90.0 Å². The molecule has 0 saturated carbocycles. The summed E-state index contributed by atoms with van der Waals surface area (Å²) in [5, 5.41) is 15.4. The molecule has 4 rings (SSSR count). The van der Waals surface area contributed by atoms with E-state index in [0.717, 1.165) is 35.3 Å². The third-order valence-corrected chi connectivity index (χ3v) is 8.47. The second kappa shape index (κ2) is 12.3. The Morgan fingerprint density at radius 1 is 0.976 bits per heavy atom. The van der Waals surface area contributed by atoms with Crippen molar-refractivity contribution in [2.24, 2.45) is 5.41 Å². The number of carbonyl (C=O) groups is 4. The Balaban J connectivity index is 1.64. The number of likely N-dealkylation sites (tertiary alicyclic amines) is 1. The molecular weight excluding hydrogens is 520 g/mol. The summed E-state index contributed by atoms with van der Waals surface area (Å²) in [6.45, 7) is 7.03. The number of carbonyl (C=O) groups excluding carboxylic acids is 3. The van der Waals surface area contributed by atoms with Gasteiger partial charge in [0, 0.05) is 7.05 Å². The number of amides is 4. The van der Waals surface area contributed by atoms with Crippen molar-refractivity contribution in [2.75, 3.05) is 7.05 Å². The van der Waals surface area contributed by atoms with Crippen LogP contribution in [0.5, 0.6) is 0 Å². The molecule has 0 radical (unpaired) electrons. The molecular formula is C32H42N4O5. The van der Waals surface area contributed by atoms with Crippen LogP contribution in [-0.2, 0) is 20.8 Å². The summed E-state index contributed by atoms with van der Waals surface area (Å²) in [6.07, 6.45) is 2.65. The first-order chi connectivity index (χ1) is 19.4. The zero-order valence-electron chi connectivity index (χ0n) is 24.6. The Labute approximate surface area is 242 Å². The molecule has 2 aliphatic rings. The third kappa shape index (κ3) is 6.55. The van der Waals surface area contributed by atoms with E-state index in [-0.39, 0.29) is 23.9 Å². The summed E-state index contributed by atoms with van der Waals surface area (Å²) in [5.74, 6) is -1.12. The highest BCUT2D eigenvalue weighted by molar-refractivity contribution is 5.95. The molecule has 1 heterocycles. The Bertz CT molecular complexity index is 1270. The number of hydrogen-bond donors (Lipinski definition) is 3. The molecule has 3 N–H and O–H groups in total. The lowest BCUT2D eigenvalue weighted by Gasteiger charge is -2.39. The minimum atomic E-state index is -1.24. The minimum Gasteiger partial charge on any atom is -0.465 e. The molecule has 1 saturated heterocycles. The van der Waals surface area contributed by atoms with E-state index in [4.69, 9.17) is 0 Å². The van der Waals surface area contributed by atoms with Gasteiger partial charge in [-0.3, -0.25) is 19.3 Å². The maximum absolute atomic E-state index is 14.4. The van der Waals surface area contributed by atoms with Crippen LogP contribution in [-0.4, -0.2) is 63.9 Å². The van der Waals surface area contributed by atoms with E-state index in [2.05, 4.69) is 22.8 Å². The second-order valence-corrected chi connectivity index (χ2v) is 12.3. The van der Waals surface area contributed by atoms with Crippen LogP contribution >= 0.6 is 0 Å². The highest BCUT2D eigenvalue weighted by Crippen LogP contribution is 2.39. The molecule has 1 fully saturated rings. The quantitative estimate of drug-likeness (QED) is 0.461. The molecule has 0 spiro atoms. The molecule has 2 aromatic carbocycles. The lowest BCUT2D eigenvalue weighted by Crippen LogP contribution is -2.60. The Hall–Kier alpha value is -3.88. The van der Waals surface area contributed by atoms with E-state index in [1.165, 1.54) is 19.5 Å². The van der Waals surface area contributed by atoms with Gasteiger partial charge >= 0.3 is 6.09 Å². The summed E-state index contributed by atoms with van der Waals surface area (Å²) in [5.41, 5.74) is 2.58. The minimum absolute atomic E-state index is 0.120. The highest BCUT2D eigenvalue weighted by Gasteiger charge is 2.47. The van der Waals surface area contributed by atoms with E-state index in [0.29, 0.717) is 12.8 Å². The lowest BCUT2D eigenvalue weighted by molar-refractivity contribution is -0.146. The Morgan fingerprint density at radius 3 is 2.29 bits per heavy atom. The fourth-order valence-electron chi connectivity index (χ4n) is 5.95. The van der Waals surface area contributed by atoms with Gasteiger partial charge in [0.05, 0.1) is 12.1 Å². The largest absolute Gasteiger partial charge is 0.465 e. The Kier molecular flexibility index (Phi) is 9.05. The molecule has 0 bridgehead atoms. The number of nitrogens with zero attached hydrogens (tertiary/aromatic N) is 2. The van der Waals surface area contributed by atoms with Gasteiger partial charge in [0.2, 0.25) is 17.7 Å². The summed E-state index contributed by atoms with van der Waals surface area (Å²) in [7, 11) is 1.32. The van der Waals surface area contributed by atoms with E-state index < -0.39 is 35.5 Å². The van der Waals surface area contributed by atoms with Crippen molar-refractivity contribution in [3.63, 3.8) is 0 Å². The van der Waals surface area contributed by atoms with Crippen molar-refractivity contribution in [3.05, 3.63) is 71.3 Å². The molecule has 41 heavy (non-hydrogen) atoms. The van der Waals surface area contributed by atoms with Crippen LogP contribution in [0.3, 0.4) is 0 Å². The fraction of sp³-hybridized carbons (Fsp3) is 0.500. The van der Waals surface area contributed by atoms with Crippen molar-refractivity contribution in [1.29, 1.82) is 0 Å². The van der Waals surface area contributed by atoms with Crippen LogP contribution in [0.25, 0.3) is 0 Å². The van der Waals surface area contributed by atoms with Gasteiger partial charge in [-0.25, -0.2) is 4.79 Å². The summed E-state index contributed by atoms with van der Waals surface area (Å²) in [4.78, 5) is 55.5. The van der Waals surface area contributed by atoms with E-state index in [1.54, 1.807) is 4.90 Å². The first-order valence-electron chi connectivity index (χ1n) is 14.4. The molecule has 9 nitrogen and oxygen atoms in total. The van der Waals surface area contributed by atoms with Gasteiger partial charge < -0.3 is 20.6 Å². The SMILES string of the molecule is CC(C(=O)NC(C(=O)N1C(C(=O)NC2CCCc3ccccc32)CCC1c1ccccc1)C(C)(C)C)N(C)C(=O)O. The summed E-state index contributed by atoms with van der Waals surface area (Å²) < 4.78 is 0. The third-order valence-electron chi connectivity index (χ3n) is 8.47. The monoisotopic (exact) mass is 562 g/mol. The zero-order chi connectivity index (χ0) is 29.9. The maximum Gasteiger partial charge on any atom is 0.407 e. The number of rotatable bonds is 7. The van der Waals surface area contributed by atoms with E-state index >= 15 is 0 Å². The fourth-order valence-corrected chi connectivity index (χ4v) is 5.95. The van der Waals surface area contributed by atoms with Gasteiger partial charge in [-0.15, -0.1) is 0 Å². The molecule has 2 aromatic rings. The smallest absolute Gasteiger partial charge is 0.407 e. The van der Waals surface area contributed by atoms with Crippen LogP contribution in [0.4, 0.5) is 4.79 Å². The van der Waals surface area contributed by atoms with Crippen LogP contribution in [0.2, 0.25) is 0 Å². The first-order valence-corrected chi connectivity index (χ1v) is 14.4. The van der Waals surface area contributed by atoms with Gasteiger partial charge in [0.15, 0.2) is 0 Å². The number of carboxylic acid groups (broad SMARTS) is 1. The van der Waals surface area contributed by atoms with Crippen molar-refractivity contribution >= 4 is 23.8 Å². The molecule has 1 aliphatic heterocycles. The molecule has 9 heteroatoms. The van der Waals surface area contributed by atoms with Crippen LogP contribution in [0, 0.1) is 5.41 Å². The molecule has 220 valence electrons. The highest BCUT2D eigenvalue weighted by atomic mass is 16.4. The average molecular weight is 563 g/mol.